The third-order valence-electron chi connectivity index (χ3n) is 4.28. The van der Waals surface area contributed by atoms with Crippen molar-refractivity contribution >= 4 is 23.5 Å². The van der Waals surface area contributed by atoms with Crippen molar-refractivity contribution in [1.29, 1.82) is 0 Å². The number of rotatable bonds is 6. The molecule has 0 aliphatic carbocycles. The Kier molecular flexibility index (Phi) is 4.56. The van der Waals surface area contributed by atoms with E-state index >= 15 is 0 Å². The monoisotopic (exact) mass is 376 g/mol. The number of nitrogens with zero attached hydrogens (tertiary/aromatic N) is 4. The van der Waals surface area contributed by atoms with Gasteiger partial charge in [0.15, 0.2) is 17.3 Å². The Hall–Kier alpha value is -1.80. The van der Waals surface area contributed by atoms with Crippen LogP contribution in [-0.4, -0.2) is 29.1 Å². The Balaban J connectivity index is 1.68. The Morgan fingerprint density at radius 1 is 1.16 bits per heavy atom. The second-order valence-corrected chi connectivity index (χ2v) is 7.76. The summed E-state index contributed by atoms with van der Waals surface area (Å²) in [6.07, 6.45) is 3.20. The van der Waals surface area contributed by atoms with Crippen molar-refractivity contribution in [3.63, 3.8) is 0 Å². The van der Waals surface area contributed by atoms with E-state index in [4.69, 9.17) is 9.47 Å². The van der Waals surface area contributed by atoms with Gasteiger partial charge >= 0.3 is 0 Å². The number of hydrogen-bond acceptors (Lipinski definition) is 7. The first-order chi connectivity index (χ1) is 12.3. The van der Waals surface area contributed by atoms with Crippen LogP contribution in [0.25, 0.3) is 0 Å². The lowest BCUT2D eigenvalue weighted by Gasteiger charge is -2.26. The minimum Gasteiger partial charge on any atom is -0.493 e. The van der Waals surface area contributed by atoms with Crippen LogP contribution in [0.15, 0.2) is 33.8 Å². The molecule has 8 heteroatoms. The lowest BCUT2D eigenvalue weighted by atomic mass is 10.2. The number of aromatic nitrogens is 3. The van der Waals surface area contributed by atoms with Crippen LogP contribution in [0.3, 0.4) is 0 Å². The lowest BCUT2D eigenvalue weighted by molar-refractivity contribution is 0.354. The molecular formula is C17H20N4O2S2. The maximum atomic E-state index is 5.47. The molecule has 6 nitrogen and oxygen atoms in total. The number of methoxy groups -OCH3 is 2. The highest BCUT2D eigenvalue weighted by Crippen LogP contribution is 2.51. The first kappa shape index (κ1) is 16.7. The van der Waals surface area contributed by atoms with Gasteiger partial charge in [-0.05, 0) is 35.9 Å². The SMILES string of the molecule is CCCCc1nnc2n1N1C(=CSC1c1ccc(OC)c(OC)c1)S2. The zero-order chi connectivity index (χ0) is 17.4. The molecule has 4 rings (SSSR count). The zero-order valence-electron chi connectivity index (χ0n) is 14.4. The third kappa shape index (κ3) is 2.77. The van der Waals surface area contributed by atoms with Crippen LogP contribution in [0.2, 0.25) is 0 Å². The maximum Gasteiger partial charge on any atom is 0.216 e. The van der Waals surface area contributed by atoms with Crippen LogP contribution in [-0.2, 0) is 6.42 Å². The molecule has 1 aromatic carbocycles. The molecule has 0 spiro atoms. The molecule has 0 radical (unpaired) electrons. The Morgan fingerprint density at radius 3 is 2.76 bits per heavy atom. The number of unbranched alkanes of at least 4 members (excludes halogenated alkanes) is 1. The van der Waals surface area contributed by atoms with Gasteiger partial charge < -0.3 is 9.47 Å². The molecule has 1 aromatic heterocycles. The van der Waals surface area contributed by atoms with Gasteiger partial charge in [0.25, 0.3) is 0 Å². The summed E-state index contributed by atoms with van der Waals surface area (Å²) in [5.41, 5.74) is 1.16. The average molecular weight is 377 g/mol. The molecule has 0 saturated carbocycles. The van der Waals surface area contributed by atoms with Gasteiger partial charge in [-0.15, -0.1) is 10.2 Å². The third-order valence-corrected chi connectivity index (χ3v) is 6.47. The smallest absolute Gasteiger partial charge is 0.216 e. The molecule has 0 N–H and O–H groups in total. The number of ether oxygens (including phenoxy) is 2. The van der Waals surface area contributed by atoms with Gasteiger partial charge in [-0.1, -0.05) is 31.2 Å². The van der Waals surface area contributed by atoms with E-state index in [2.05, 4.69) is 38.3 Å². The fourth-order valence-corrected chi connectivity index (χ4v) is 5.25. The van der Waals surface area contributed by atoms with Crippen molar-refractivity contribution in [2.24, 2.45) is 0 Å². The van der Waals surface area contributed by atoms with E-state index in [1.807, 2.05) is 12.1 Å². The molecule has 0 fully saturated rings. The molecule has 1 unspecified atom stereocenters. The summed E-state index contributed by atoms with van der Waals surface area (Å²) in [4.78, 5) is 0. The molecule has 0 bridgehead atoms. The normalized spacial score (nSPS) is 18.1. The van der Waals surface area contributed by atoms with E-state index in [0.29, 0.717) is 0 Å². The standard InChI is InChI=1S/C17H20N4O2S2/c1-4-5-6-14-18-19-17-20(14)21-15(25-17)10-24-16(21)11-7-8-12(22-2)13(9-11)23-3/h7-10,16H,4-6H2,1-3H3. The summed E-state index contributed by atoms with van der Waals surface area (Å²) >= 11 is 3.47. The molecule has 2 aromatic rings. The summed E-state index contributed by atoms with van der Waals surface area (Å²) in [6.45, 7) is 2.19. The number of benzene rings is 1. The van der Waals surface area contributed by atoms with Gasteiger partial charge in [0, 0.05) is 11.8 Å². The number of thioether (sulfide) groups is 2. The summed E-state index contributed by atoms with van der Waals surface area (Å²) < 4.78 is 13.0. The molecule has 3 heterocycles. The van der Waals surface area contributed by atoms with Crippen molar-refractivity contribution in [3.8, 4) is 11.5 Å². The highest BCUT2D eigenvalue weighted by molar-refractivity contribution is 8.07. The second kappa shape index (κ2) is 6.84. The lowest BCUT2D eigenvalue weighted by Crippen LogP contribution is -2.30. The topological polar surface area (TPSA) is 52.4 Å². The van der Waals surface area contributed by atoms with Crippen LogP contribution in [0.4, 0.5) is 0 Å². The quantitative estimate of drug-likeness (QED) is 0.757. The van der Waals surface area contributed by atoms with E-state index in [1.165, 1.54) is 5.03 Å². The summed E-state index contributed by atoms with van der Waals surface area (Å²) in [6, 6.07) is 6.10. The minimum absolute atomic E-state index is 0.139. The van der Waals surface area contributed by atoms with Gasteiger partial charge in [-0.3, -0.25) is 5.01 Å². The maximum absolute atomic E-state index is 5.47. The van der Waals surface area contributed by atoms with Gasteiger partial charge in [0.1, 0.15) is 10.4 Å². The van der Waals surface area contributed by atoms with Crippen LogP contribution in [0.1, 0.15) is 36.5 Å². The second-order valence-electron chi connectivity index (χ2n) is 5.82. The zero-order valence-corrected chi connectivity index (χ0v) is 16.1. The predicted octanol–water partition coefficient (Wildman–Crippen LogP) is 3.93. The highest BCUT2D eigenvalue weighted by atomic mass is 32.2. The van der Waals surface area contributed by atoms with Crippen molar-refractivity contribution in [2.45, 2.75) is 36.7 Å². The van der Waals surface area contributed by atoms with Crippen molar-refractivity contribution in [3.05, 3.63) is 40.0 Å². The van der Waals surface area contributed by atoms with Crippen molar-refractivity contribution in [1.82, 2.24) is 14.9 Å². The van der Waals surface area contributed by atoms with Gasteiger partial charge in [-0.25, -0.2) is 4.68 Å². The average Bonchev–Trinajstić information content (AvgIpc) is 3.30. The first-order valence-electron chi connectivity index (χ1n) is 8.26. The Labute approximate surface area is 155 Å². The molecule has 2 aliphatic heterocycles. The summed E-state index contributed by atoms with van der Waals surface area (Å²) in [5.74, 6) is 2.52. The summed E-state index contributed by atoms with van der Waals surface area (Å²) in [7, 11) is 3.32. The molecular weight excluding hydrogens is 356 g/mol. The fourth-order valence-electron chi connectivity index (χ4n) is 3.01. The fraction of sp³-hybridized carbons (Fsp3) is 0.412. The highest BCUT2D eigenvalue weighted by Gasteiger charge is 2.39. The van der Waals surface area contributed by atoms with Crippen LogP contribution in [0, 0.1) is 0 Å². The van der Waals surface area contributed by atoms with Crippen LogP contribution < -0.4 is 14.5 Å². The number of hydrogen-bond donors (Lipinski definition) is 0. The van der Waals surface area contributed by atoms with Crippen LogP contribution in [0.5, 0.6) is 11.5 Å². The largest absolute Gasteiger partial charge is 0.493 e. The van der Waals surface area contributed by atoms with Crippen molar-refractivity contribution < 1.29 is 9.47 Å². The van der Waals surface area contributed by atoms with Crippen molar-refractivity contribution in [2.75, 3.05) is 19.2 Å². The molecule has 1 atom stereocenters. The van der Waals surface area contributed by atoms with E-state index in [0.717, 1.165) is 47.3 Å². The molecule has 0 amide bonds. The van der Waals surface area contributed by atoms with E-state index in [1.54, 1.807) is 37.7 Å². The van der Waals surface area contributed by atoms with Gasteiger partial charge in [-0.2, -0.15) is 0 Å². The van der Waals surface area contributed by atoms with E-state index in [-0.39, 0.29) is 5.37 Å². The first-order valence-corrected chi connectivity index (χ1v) is 10.0. The summed E-state index contributed by atoms with van der Waals surface area (Å²) in [5, 5.41) is 15.5. The van der Waals surface area contributed by atoms with Crippen LogP contribution >= 0.6 is 23.5 Å². The molecule has 132 valence electrons. The molecule has 2 aliphatic rings. The Bertz CT molecular complexity index is 821. The van der Waals surface area contributed by atoms with E-state index in [9.17, 15) is 0 Å². The van der Waals surface area contributed by atoms with Gasteiger partial charge in [0.05, 0.1) is 14.2 Å². The van der Waals surface area contributed by atoms with Gasteiger partial charge in [0.2, 0.25) is 5.16 Å². The molecule has 0 saturated heterocycles. The number of fused-ring (bicyclic) bond motifs is 3. The predicted molar refractivity (Wildman–Crippen MR) is 101 cm³/mol. The number of aryl methyl sites for hydroxylation is 1. The molecule has 25 heavy (non-hydrogen) atoms. The van der Waals surface area contributed by atoms with E-state index < -0.39 is 0 Å². The Morgan fingerprint density at radius 2 is 2.00 bits per heavy atom. The minimum atomic E-state index is 0.139.